The first-order valence-corrected chi connectivity index (χ1v) is 11.7. The van der Waals surface area contributed by atoms with Crippen LogP contribution in [0.2, 0.25) is 0 Å². The van der Waals surface area contributed by atoms with Crippen LogP contribution < -0.4 is 16.4 Å². The van der Waals surface area contributed by atoms with Crippen LogP contribution >= 0.6 is 22.7 Å². The topological polar surface area (TPSA) is 115 Å². The minimum absolute atomic E-state index is 0.299. The molecule has 31 heavy (non-hydrogen) atoms. The Bertz CT molecular complexity index is 1130. The van der Waals surface area contributed by atoms with Crippen LogP contribution in [-0.4, -0.2) is 53.7 Å². The van der Waals surface area contributed by atoms with Gasteiger partial charge in [0.1, 0.15) is 21.1 Å². The highest BCUT2D eigenvalue weighted by Gasteiger charge is 2.27. The number of nitrogens with two attached hydrogens (primary N) is 2. The molecule has 0 radical (unpaired) electrons. The number of carbonyl (C=O) groups excluding carboxylic acids is 2. The molecule has 0 atom stereocenters. The van der Waals surface area contributed by atoms with Gasteiger partial charge in [0.15, 0.2) is 0 Å². The molecule has 0 aromatic carbocycles. The number of rotatable bonds is 3. The normalized spacial score (nSPS) is 14.8. The maximum absolute atomic E-state index is 12.4. The Hall–Kier alpha value is -2.85. The maximum Gasteiger partial charge on any atom is 0.410 e. The van der Waals surface area contributed by atoms with Crippen molar-refractivity contribution < 1.29 is 14.3 Å². The van der Waals surface area contributed by atoms with Gasteiger partial charge in [-0.3, -0.25) is 4.79 Å². The molecule has 1 aliphatic heterocycles. The van der Waals surface area contributed by atoms with Gasteiger partial charge in [-0.2, -0.15) is 11.3 Å². The van der Waals surface area contributed by atoms with Crippen molar-refractivity contribution >= 4 is 56.4 Å². The van der Waals surface area contributed by atoms with Gasteiger partial charge in [-0.25, -0.2) is 9.78 Å². The molecule has 10 heteroatoms. The third-order valence-electron chi connectivity index (χ3n) is 5.00. The van der Waals surface area contributed by atoms with Gasteiger partial charge in [-0.1, -0.05) is 0 Å². The standard InChI is InChI=1S/C21H25N5O3S2/c1-21(2,3)29-20(28)26-7-5-25(6-8-26)14-10-13(12-4-9-30-11-12)15-16(22)17(18(23)27)31-19(15)24-14/h4,9-11H,5-8,22H2,1-3H3,(H2,23,27). The van der Waals surface area contributed by atoms with Crippen LogP contribution in [0.1, 0.15) is 30.4 Å². The van der Waals surface area contributed by atoms with Gasteiger partial charge >= 0.3 is 6.09 Å². The van der Waals surface area contributed by atoms with E-state index in [-0.39, 0.29) is 6.09 Å². The Morgan fingerprint density at radius 2 is 1.90 bits per heavy atom. The summed E-state index contributed by atoms with van der Waals surface area (Å²) in [6, 6.07) is 4.02. The summed E-state index contributed by atoms with van der Waals surface area (Å²) in [5.41, 5.74) is 13.6. The first-order chi connectivity index (χ1) is 14.6. The molecule has 1 aliphatic rings. The minimum atomic E-state index is -0.552. The third kappa shape index (κ3) is 4.31. The van der Waals surface area contributed by atoms with E-state index in [4.69, 9.17) is 21.2 Å². The van der Waals surface area contributed by atoms with Crippen LogP contribution in [0.25, 0.3) is 21.3 Å². The average Bonchev–Trinajstić information content (AvgIpc) is 3.35. The second kappa shape index (κ2) is 8.01. The fraction of sp³-hybridized carbons (Fsp3) is 0.381. The highest BCUT2D eigenvalue weighted by atomic mass is 32.1. The number of piperazine rings is 1. The number of ether oxygens (including phenoxy) is 1. The summed E-state index contributed by atoms with van der Waals surface area (Å²) in [5.74, 6) is 0.235. The van der Waals surface area contributed by atoms with E-state index < -0.39 is 11.5 Å². The molecule has 164 valence electrons. The quantitative estimate of drug-likeness (QED) is 0.616. The minimum Gasteiger partial charge on any atom is -0.444 e. The van der Waals surface area contributed by atoms with Crippen LogP contribution in [0.15, 0.2) is 22.9 Å². The summed E-state index contributed by atoms with van der Waals surface area (Å²) in [6.07, 6.45) is -0.299. The first kappa shape index (κ1) is 21.4. The zero-order valence-corrected chi connectivity index (χ0v) is 19.3. The van der Waals surface area contributed by atoms with Gasteiger partial charge in [-0.15, -0.1) is 11.3 Å². The van der Waals surface area contributed by atoms with E-state index in [0.29, 0.717) is 41.6 Å². The Balaban J connectivity index is 1.65. The molecule has 0 aliphatic carbocycles. The third-order valence-corrected chi connectivity index (χ3v) is 6.79. The van der Waals surface area contributed by atoms with E-state index in [0.717, 1.165) is 22.3 Å². The number of hydrogen-bond acceptors (Lipinski definition) is 8. The molecule has 2 amide bonds. The van der Waals surface area contributed by atoms with Crippen molar-refractivity contribution in [1.29, 1.82) is 0 Å². The van der Waals surface area contributed by atoms with Gasteiger partial charge in [0.2, 0.25) is 0 Å². The Morgan fingerprint density at radius 3 is 2.48 bits per heavy atom. The molecule has 3 aromatic heterocycles. The molecule has 3 aromatic rings. The van der Waals surface area contributed by atoms with Crippen molar-refractivity contribution in [2.75, 3.05) is 36.8 Å². The van der Waals surface area contributed by atoms with Crippen molar-refractivity contribution in [1.82, 2.24) is 9.88 Å². The first-order valence-electron chi connectivity index (χ1n) is 9.92. The lowest BCUT2D eigenvalue weighted by Gasteiger charge is -2.36. The number of aromatic nitrogens is 1. The molecule has 0 unspecified atom stereocenters. The van der Waals surface area contributed by atoms with E-state index >= 15 is 0 Å². The Kier molecular flexibility index (Phi) is 5.52. The van der Waals surface area contributed by atoms with Crippen LogP contribution in [0.4, 0.5) is 16.3 Å². The van der Waals surface area contributed by atoms with E-state index in [1.807, 2.05) is 43.7 Å². The summed E-state index contributed by atoms with van der Waals surface area (Å²) in [5, 5.41) is 4.80. The van der Waals surface area contributed by atoms with Crippen molar-refractivity contribution in [3.8, 4) is 11.1 Å². The molecule has 1 fully saturated rings. The lowest BCUT2D eigenvalue weighted by Crippen LogP contribution is -2.50. The second-order valence-corrected chi connectivity index (χ2v) is 10.2. The Labute approximate surface area is 188 Å². The average molecular weight is 460 g/mol. The van der Waals surface area contributed by atoms with Gasteiger partial charge in [-0.05, 0) is 54.8 Å². The highest BCUT2D eigenvalue weighted by molar-refractivity contribution is 7.21. The monoisotopic (exact) mass is 459 g/mol. The molecule has 0 bridgehead atoms. The zero-order valence-electron chi connectivity index (χ0n) is 17.7. The molecule has 0 saturated carbocycles. The van der Waals surface area contributed by atoms with Crippen LogP contribution in [0.5, 0.6) is 0 Å². The summed E-state index contributed by atoms with van der Waals surface area (Å²) in [4.78, 5) is 33.8. The summed E-state index contributed by atoms with van der Waals surface area (Å²) in [7, 11) is 0. The molecule has 4 heterocycles. The molecule has 0 spiro atoms. The summed E-state index contributed by atoms with van der Waals surface area (Å²) < 4.78 is 5.48. The number of pyridine rings is 1. The molecular weight excluding hydrogens is 434 g/mol. The largest absolute Gasteiger partial charge is 0.444 e. The fourth-order valence-corrected chi connectivity index (χ4v) is 5.17. The van der Waals surface area contributed by atoms with Gasteiger partial charge in [0, 0.05) is 31.6 Å². The number of fused-ring (bicyclic) bond motifs is 1. The number of nitrogen functional groups attached to an aromatic ring is 1. The number of hydrogen-bond donors (Lipinski definition) is 2. The number of anilines is 2. The highest BCUT2D eigenvalue weighted by Crippen LogP contribution is 2.41. The van der Waals surface area contributed by atoms with Crippen molar-refractivity contribution in [2.45, 2.75) is 26.4 Å². The van der Waals surface area contributed by atoms with Crippen molar-refractivity contribution in [3.05, 3.63) is 27.8 Å². The molecule has 1 saturated heterocycles. The van der Waals surface area contributed by atoms with Crippen molar-refractivity contribution in [2.24, 2.45) is 5.73 Å². The lowest BCUT2D eigenvalue weighted by atomic mass is 10.0. The number of primary amides is 1. The fourth-order valence-electron chi connectivity index (χ4n) is 3.54. The zero-order chi connectivity index (χ0) is 22.3. The molecular formula is C21H25N5O3S2. The predicted molar refractivity (Wildman–Crippen MR) is 126 cm³/mol. The SMILES string of the molecule is CC(C)(C)OC(=O)N1CCN(c2cc(-c3ccsc3)c3c(N)c(C(N)=O)sc3n2)CC1. The number of carbonyl (C=O) groups is 2. The molecule has 4 rings (SSSR count). The predicted octanol–water partition coefficient (Wildman–Crippen LogP) is 3.76. The Morgan fingerprint density at radius 1 is 1.19 bits per heavy atom. The molecule has 8 nitrogen and oxygen atoms in total. The van der Waals surface area contributed by atoms with E-state index in [1.54, 1.807) is 16.2 Å². The maximum atomic E-state index is 12.4. The van der Waals surface area contributed by atoms with Crippen molar-refractivity contribution in [3.63, 3.8) is 0 Å². The van der Waals surface area contributed by atoms with Gasteiger partial charge in [0.05, 0.1) is 5.69 Å². The van der Waals surface area contributed by atoms with E-state index in [9.17, 15) is 9.59 Å². The van der Waals surface area contributed by atoms with Crippen LogP contribution in [0.3, 0.4) is 0 Å². The van der Waals surface area contributed by atoms with E-state index in [1.165, 1.54) is 11.3 Å². The van der Waals surface area contributed by atoms with Crippen LogP contribution in [0, 0.1) is 0 Å². The number of thiophene rings is 2. The second-order valence-electron chi connectivity index (χ2n) is 8.38. The molecule has 4 N–H and O–H groups in total. The number of nitrogens with zero attached hydrogens (tertiary/aromatic N) is 3. The van der Waals surface area contributed by atoms with Gasteiger partial charge < -0.3 is 26.0 Å². The smallest absolute Gasteiger partial charge is 0.410 e. The van der Waals surface area contributed by atoms with Crippen LogP contribution in [-0.2, 0) is 4.74 Å². The lowest BCUT2D eigenvalue weighted by molar-refractivity contribution is 0.0240. The van der Waals surface area contributed by atoms with Gasteiger partial charge in [0.25, 0.3) is 5.91 Å². The number of amides is 2. The van der Waals surface area contributed by atoms with E-state index in [2.05, 4.69) is 4.90 Å². The summed E-state index contributed by atoms with van der Waals surface area (Å²) in [6.45, 7) is 7.93. The summed E-state index contributed by atoms with van der Waals surface area (Å²) >= 11 is 2.81.